The van der Waals surface area contributed by atoms with Crippen molar-refractivity contribution in [1.82, 2.24) is 14.7 Å². The number of fused-ring (bicyclic) bond motifs is 1. The highest BCUT2D eigenvalue weighted by atomic mass is 32.2. The van der Waals surface area contributed by atoms with Gasteiger partial charge in [-0.25, -0.2) is 4.79 Å². The molecule has 1 amide bonds. The Morgan fingerprint density at radius 3 is 2.77 bits per heavy atom. The van der Waals surface area contributed by atoms with E-state index >= 15 is 0 Å². The number of hydrogen-bond acceptors (Lipinski definition) is 5. The summed E-state index contributed by atoms with van der Waals surface area (Å²) < 4.78 is 7.32. The minimum atomic E-state index is -0.734. The van der Waals surface area contributed by atoms with Gasteiger partial charge >= 0.3 is 6.09 Å². The van der Waals surface area contributed by atoms with Crippen molar-refractivity contribution < 1.29 is 14.6 Å². The van der Waals surface area contributed by atoms with Crippen molar-refractivity contribution in [3.8, 4) is 0 Å². The highest BCUT2D eigenvalue weighted by Crippen LogP contribution is 2.28. The zero-order valence-electron chi connectivity index (χ0n) is 15.4. The minimum Gasteiger partial charge on any atom is -0.444 e. The molecule has 0 saturated heterocycles. The summed E-state index contributed by atoms with van der Waals surface area (Å²) in [5, 5.41) is 14.8. The summed E-state index contributed by atoms with van der Waals surface area (Å²) in [5.41, 5.74) is 1.12. The van der Waals surface area contributed by atoms with Crippen molar-refractivity contribution >= 4 is 17.9 Å². The van der Waals surface area contributed by atoms with Crippen molar-refractivity contribution in [3.63, 3.8) is 0 Å². The first-order valence-corrected chi connectivity index (χ1v) is 9.70. The van der Waals surface area contributed by atoms with Crippen LogP contribution in [0, 0.1) is 0 Å². The normalized spacial score (nSPS) is 17.1. The van der Waals surface area contributed by atoms with Crippen LogP contribution >= 0.6 is 11.8 Å². The summed E-state index contributed by atoms with van der Waals surface area (Å²) in [6.45, 7) is 6.85. The topological polar surface area (TPSA) is 67.6 Å². The number of β-amino-alcohol motifs (C(OH)–C–C–N with tert-alkyl or cyclic N) is 1. The van der Waals surface area contributed by atoms with Crippen molar-refractivity contribution in [2.75, 3.05) is 12.3 Å². The van der Waals surface area contributed by atoms with Crippen molar-refractivity contribution in [1.29, 1.82) is 0 Å². The fourth-order valence-electron chi connectivity index (χ4n) is 2.85. The lowest BCUT2D eigenvalue weighted by molar-refractivity contribution is 0.00753. The number of rotatable bonds is 4. The number of amides is 1. The second-order valence-corrected chi connectivity index (χ2v) is 8.48. The molecule has 1 aromatic heterocycles. The molecule has 1 unspecified atom stereocenters. The largest absolute Gasteiger partial charge is 0.444 e. The molecule has 6 nitrogen and oxygen atoms in total. The standard InChI is InChI=1S/C19H25N3O3S/c1-19(2,3)25-18(24)21-12-16-15(17(23)13-21)11-20-22(16)9-10-26-14-7-5-4-6-8-14/h4-8,11,17,23H,9-10,12-13H2,1-3H3. The number of carbonyl (C=O) groups is 1. The third-order valence-electron chi connectivity index (χ3n) is 4.04. The number of aliphatic hydroxyl groups is 1. The smallest absolute Gasteiger partial charge is 0.410 e. The van der Waals surface area contributed by atoms with Gasteiger partial charge < -0.3 is 9.84 Å². The van der Waals surface area contributed by atoms with Gasteiger partial charge in [-0.2, -0.15) is 5.10 Å². The quantitative estimate of drug-likeness (QED) is 0.829. The Hall–Kier alpha value is -1.99. The third-order valence-corrected chi connectivity index (χ3v) is 5.03. The van der Waals surface area contributed by atoms with Crippen LogP contribution in [0.15, 0.2) is 41.4 Å². The number of hydrogen-bond donors (Lipinski definition) is 1. The van der Waals surface area contributed by atoms with Crippen molar-refractivity contribution in [2.24, 2.45) is 0 Å². The molecule has 2 aromatic rings. The zero-order chi connectivity index (χ0) is 18.7. The summed E-state index contributed by atoms with van der Waals surface area (Å²) in [7, 11) is 0. The van der Waals surface area contributed by atoms with E-state index < -0.39 is 17.8 Å². The average Bonchev–Trinajstić information content (AvgIpc) is 2.98. The van der Waals surface area contributed by atoms with Gasteiger partial charge in [-0.3, -0.25) is 9.58 Å². The van der Waals surface area contributed by atoms with E-state index in [2.05, 4.69) is 17.2 Å². The fourth-order valence-corrected chi connectivity index (χ4v) is 3.70. The van der Waals surface area contributed by atoms with E-state index in [1.165, 1.54) is 4.90 Å². The molecular weight excluding hydrogens is 350 g/mol. The number of ether oxygens (including phenoxy) is 1. The van der Waals surface area contributed by atoms with Crippen LogP contribution in [0.2, 0.25) is 0 Å². The SMILES string of the molecule is CC(C)(C)OC(=O)N1Cc2c(cnn2CCSc2ccccc2)C(O)C1. The predicted octanol–water partition coefficient (Wildman–Crippen LogP) is 3.46. The molecule has 3 rings (SSSR count). The number of carbonyl (C=O) groups excluding carboxylic acids is 1. The summed E-state index contributed by atoms with van der Waals surface area (Å²) in [6, 6.07) is 10.2. The van der Waals surface area contributed by atoms with Gasteiger partial charge in [0, 0.05) is 16.2 Å². The van der Waals surface area contributed by atoms with Crippen LogP contribution in [0.4, 0.5) is 4.79 Å². The van der Waals surface area contributed by atoms with Crippen LogP contribution in [0.5, 0.6) is 0 Å². The number of benzene rings is 1. The van der Waals surface area contributed by atoms with E-state index in [-0.39, 0.29) is 6.54 Å². The van der Waals surface area contributed by atoms with Crippen LogP contribution in [0.1, 0.15) is 38.1 Å². The lowest BCUT2D eigenvalue weighted by Crippen LogP contribution is -2.42. The summed E-state index contributed by atoms with van der Waals surface area (Å²) in [6.07, 6.45) is 0.565. The maximum absolute atomic E-state index is 12.4. The molecule has 1 aliphatic rings. The van der Waals surface area contributed by atoms with E-state index in [4.69, 9.17) is 4.74 Å². The molecule has 1 N–H and O–H groups in total. The van der Waals surface area contributed by atoms with E-state index in [1.807, 2.05) is 43.7 Å². The second-order valence-electron chi connectivity index (χ2n) is 7.31. The molecule has 1 aliphatic heterocycles. The first-order chi connectivity index (χ1) is 12.3. The maximum Gasteiger partial charge on any atom is 0.410 e. The van der Waals surface area contributed by atoms with Gasteiger partial charge in [0.2, 0.25) is 0 Å². The number of aromatic nitrogens is 2. The average molecular weight is 375 g/mol. The van der Waals surface area contributed by atoms with Gasteiger partial charge in [0.05, 0.1) is 31.5 Å². The van der Waals surface area contributed by atoms with Gasteiger partial charge in [-0.1, -0.05) is 18.2 Å². The number of aliphatic hydroxyl groups excluding tert-OH is 1. The highest BCUT2D eigenvalue weighted by molar-refractivity contribution is 7.99. The highest BCUT2D eigenvalue weighted by Gasteiger charge is 2.32. The molecule has 140 valence electrons. The molecule has 0 radical (unpaired) electrons. The van der Waals surface area contributed by atoms with Crippen LogP contribution in [0.25, 0.3) is 0 Å². The lowest BCUT2D eigenvalue weighted by atomic mass is 10.1. The van der Waals surface area contributed by atoms with Crippen LogP contribution < -0.4 is 0 Å². The van der Waals surface area contributed by atoms with Crippen molar-refractivity contribution in [3.05, 3.63) is 47.8 Å². The fraction of sp³-hybridized carbons (Fsp3) is 0.474. The number of aryl methyl sites for hydroxylation is 1. The molecule has 0 saturated carbocycles. The molecular formula is C19H25N3O3S. The van der Waals surface area contributed by atoms with Crippen LogP contribution in [-0.2, 0) is 17.8 Å². The minimum absolute atomic E-state index is 0.229. The Morgan fingerprint density at radius 2 is 2.08 bits per heavy atom. The van der Waals surface area contributed by atoms with E-state index in [0.29, 0.717) is 13.1 Å². The van der Waals surface area contributed by atoms with Gasteiger partial charge in [-0.15, -0.1) is 11.8 Å². The summed E-state index contributed by atoms with van der Waals surface area (Å²) in [4.78, 5) is 15.1. The Kier molecular flexibility index (Phi) is 5.58. The predicted molar refractivity (Wildman–Crippen MR) is 101 cm³/mol. The molecule has 1 aromatic carbocycles. The Labute approximate surface area is 158 Å². The lowest BCUT2D eigenvalue weighted by Gasteiger charge is -2.32. The first kappa shape index (κ1) is 18.8. The molecule has 26 heavy (non-hydrogen) atoms. The molecule has 0 bridgehead atoms. The van der Waals surface area contributed by atoms with Gasteiger partial charge in [0.1, 0.15) is 11.7 Å². The molecule has 0 fully saturated rings. The van der Waals surface area contributed by atoms with E-state index in [0.717, 1.165) is 17.0 Å². The number of nitrogens with zero attached hydrogens (tertiary/aromatic N) is 3. The Balaban J connectivity index is 1.66. The molecule has 1 atom stereocenters. The van der Waals surface area contributed by atoms with Gasteiger partial charge in [0.15, 0.2) is 0 Å². The number of thioether (sulfide) groups is 1. The second kappa shape index (κ2) is 7.72. The van der Waals surface area contributed by atoms with E-state index in [9.17, 15) is 9.90 Å². The van der Waals surface area contributed by atoms with Gasteiger partial charge in [0.25, 0.3) is 0 Å². The first-order valence-electron chi connectivity index (χ1n) is 8.72. The van der Waals surface area contributed by atoms with Crippen LogP contribution in [-0.4, -0.2) is 43.8 Å². The molecule has 7 heteroatoms. The molecule has 2 heterocycles. The van der Waals surface area contributed by atoms with Crippen LogP contribution in [0.3, 0.4) is 0 Å². The van der Waals surface area contributed by atoms with Crippen molar-refractivity contribution in [2.45, 2.75) is 50.5 Å². The summed E-state index contributed by atoms with van der Waals surface area (Å²) in [5.74, 6) is 0.862. The Morgan fingerprint density at radius 1 is 1.35 bits per heavy atom. The van der Waals surface area contributed by atoms with Gasteiger partial charge in [-0.05, 0) is 32.9 Å². The Bertz CT molecular complexity index is 755. The summed E-state index contributed by atoms with van der Waals surface area (Å²) >= 11 is 1.76. The van der Waals surface area contributed by atoms with E-state index in [1.54, 1.807) is 22.9 Å². The molecule has 0 spiro atoms. The zero-order valence-corrected chi connectivity index (χ0v) is 16.2. The third kappa shape index (κ3) is 4.59. The maximum atomic E-state index is 12.4. The monoisotopic (exact) mass is 375 g/mol. The molecule has 0 aliphatic carbocycles.